The summed E-state index contributed by atoms with van der Waals surface area (Å²) < 4.78 is 0. The van der Waals surface area contributed by atoms with Crippen LogP contribution in [0.3, 0.4) is 0 Å². The Labute approximate surface area is 137 Å². The first-order chi connectivity index (χ1) is 10.9. The van der Waals surface area contributed by atoms with Gasteiger partial charge in [0.15, 0.2) is 0 Å². The van der Waals surface area contributed by atoms with Crippen molar-refractivity contribution in [2.75, 3.05) is 0 Å². The smallest absolute Gasteiger partial charge is 0.325 e. The summed E-state index contributed by atoms with van der Waals surface area (Å²) in [6.45, 7) is 3.50. The van der Waals surface area contributed by atoms with Gasteiger partial charge in [-0.1, -0.05) is 23.7 Å². The van der Waals surface area contributed by atoms with Crippen LogP contribution in [0.25, 0.3) is 0 Å². The van der Waals surface area contributed by atoms with Crippen LogP contribution in [0.5, 0.6) is 0 Å². The van der Waals surface area contributed by atoms with Crippen LogP contribution < -0.4 is 16.6 Å². The highest BCUT2D eigenvalue weighted by atomic mass is 35.5. The number of rotatable bonds is 5. The molecule has 1 amide bonds. The van der Waals surface area contributed by atoms with Gasteiger partial charge in [-0.2, -0.15) is 0 Å². The van der Waals surface area contributed by atoms with E-state index in [1.165, 1.54) is 0 Å². The summed E-state index contributed by atoms with van der Waals surface area (Å²) in [7, 11) is 0. The number of aryl methyl sites for hydroxylation is 1. The molecule has 1 heterocycles. The van der Waals surface area contributed by atoms with E-state index in [-0.39, 0.29) is 24.8 Å². The van der Waals surface area contributed by atoms with E-state index in [0.29, 0.717) is 16.3 Å². The molecule has 3 N–H and O–H groups in total. The number of H-pyrrole nitrogens is 2. The molecule has 0 spiro atoms. The summed E-state index contributed by atoms with van der Waals surface area (Å²) in [6.07, 6.45) is 0.410. The number of hydrogen-bond acceptors (Lipinski definition) is 3. The fourth-order valence-corrected chi connectivity index (χ4v) is 2.54. The third-order valence-corrected chi connectivity index (χ3v) is 3.82. The van der Waals surface area contributed by atoms with Gasteiger partial charge in [-0.3, -0.25) is 14.6 Å². The van der Waals surface area contributed by atoms with Crippen molar-refractivity contribution in [1.29, 1.82) is 0 Å². The first-order valence-electron chi connectivity index (χ1n) is 7.23. The maximum absolute atomic E-state index is 12.0. The Hall–Kier alpha value is -2.34. The number of halogens is 1. The lowest BCUT2D eigenvalue weighted by atomic mass is 10.1. The van der Waals surface area contributed by atoms with Crippen LogP contribution in [0.2, 0.25) is 5.02 Å². The maximum Gasteiger partial charge on any atom is 0.325 e. The van der Waals surface area contributed by atoms with Gasteiger partial charge in [-0.15, -0.1) is 0 Å². The van der Waals surface area contributed by atoms with E-state index in [1.54, 1.807) is 19.1 Å². The predicted molar refractivity (Wildman–Crippen MR) is 88.8 cm³/mol. The molecule has 0 aliphatic rings. The zero-order chi connectivity index (χ0) is 17.0. The van der Waals surface area contributed by atoms with Crippen molar-refractivity contribution in [3.63, 3.8) is 0 Å². The number of carbonyl (C=O) groups is 1. The normalized spacial score (nSPS) is 12.0. The van der Waals surface area contributed by atoms with Gasteiger partial charge in [-0.05, 0) is 38.0 Å². The molecule has 1 aromatic heterocycles. The summed E-state index contributed by atoms with van der Waals surface area (Å²) >= 11 is 5.93. The molecule has 0 aliphatic heterocycles. The Kier molecular flexibility index (Phi) is 5.39. The second-order valence-corrected chi connectivity index (χ2v) is 5.79. The number of hydrogen-bond donors (Lipinski definition) is 3. The molecule has 0 aliphatic carbocycles. The van der Waals surface area contributed by atoms with Crippen LogP contribution in [-0.4, -0.2) is 15.9 Å². The molecule has 0 saturated heterocycles. The minimum Gasteiger partial charge on any atom is -0.350 e. The van der Waals surface area contributed by atoms with Gasteiger partial charge in [0.1, 0.15) is 0 Å². The SMILES string of the molecule is Cc1[nH]c(=O)[nH]c(=O)c1CCC(=O)N[C@@H](C)c1cccc(Cl)c1. The predicted octanol–water partition coefficient (Wildman–Crippen LogP) is 1.84. The van der Waals surface area contributed by atoms with Gasteiger partial charge in [0.2, 0.25) is 5.91 Å². The topological polar surface area (TPSA) is 94.8 Å². The van der Waals surface area contributed by atoms with Crippen molar-refractivity contribution in [3.8, 4) is 0 Å². The maximum atomic E-state index is 12.0. The van der Waals surface area contributed by atoms with Crippen LogP contribution in [0.1, 0.15) is 36.2 Å². The molecule has 6 nitrogen and oxygen atoms in total. The molecular formula is C16H18ClN3O3. The lowest BCUT2D eigenvalue weighted by molar-refractivity contribution is -0.121. The first-order valence-corrected chi connectivity index (χ1v) is 7.61. The summed E-state index contributed by atoms with van der Waals surface area (Å²) in [5.74, 6) is -0.178. The van der Waals surface area contributed by atoms with Gasteiger partial charge in [-0.25, -0.2) is 4.79 Å². The second kappa shape index (κ2) is 7.28. The first kappa shape index (κ1) is 17.0. The molecule has 0 fully saturated rings. The molecule has 2 aromatic rings. The van der Waals surface area contributed by atoms with E-state index in [4.69, 9.17) is 11.6 Å². The number of carbonyl (C=O) groups excluding carboxylic acids is 1. The number of amides is 1. The molecule has 7 heteroatoms. The average molecular weight is 336 g/mol. The van der Waals surface area contributed by atoms with Crippen molar-refractivity contribution in [1.82, 2.24) is 15.3 Å². The van der Waals surface area contributed by atoms with Crippen molar-refractivity contribution < 1.29 is 4.79 Å². The van der Waals surface area contributed by atoms with Crippen molar-refractivity contribution in [2.24, 2.45) is 0 Å². The summed E-state index contributed by atoms with van der Waals surface area (Å²) in [4.78, 5) is 39.6. The van der Waals surface area contributed by atoms with Gasteiger partial charge in [0, 0.05) is 22.7 Å². The lowest BCUT2D eigenvalue weighted by Gasteiger charge is -2.14. The monoisotopic (exact) mass is 335 g/mol. The average Bonchev–Trinajstić information content (AvgIpc) is 2.46. The molecule has 0 radical (unpaired) electrons. The third-order valence-electron chi connectivity index (χ3n) is 3.58. The molecule has 0 unspecified atom stereocenters. The molecule has 0 bridgehead atoms. The molecule has 122 valence electrons. The molecule has 2 rings (SSSR count). The minimum atomic E-state index is -0.546. The lowest BCUT2D eigenvalue weighted by Crippen LogP contribution is -2.30. The number of nitrogens with one attached hydrogen (secondary N) is 3. The van der Waals surface area contributed by atoms with Crippen molar-refractivity contribution >= 4 is 17.5 Å². The van der Waals surface area contributed by atoms with E-state index in [9.17, 15) is 14.4 Å². The number of aromatic amines is 2. The Bertz CT molecular complexity index is 826. The molecule has 23 heavy (non-hydrogen) atoms. The highest BCUT2D eigenvalue weighted by molar-refractivity contribution is 6.30. The minimum absolute atomic E-state index is 0.154. The van der Waals surface area contributed by atoms with Crippen molar-refractivity contribution in [2.45, 2.75) is 32.7 Å². The molecule has 1 aromatic carbocycles. The highest BCUT2D eigenvalue weighted by Gasteiger charge is 2.12. The summed E-state index contributed by atoms with van der Waals surface area (Å²) in [5.41, 5.74) is 0.797. The zero-order valence-corrected chi connectivity index (χ0v) is 13.7. The highest BCUT2D eigenvalue weighted by Crippen LogP contribution is 2.17. The standard InChI is InChI=1S/C16H18ClN3O3/c1-9(11-4-3-5-12(17)8-11)18-14(21)7-6-13-10(2)19-16(23)20-15(13)22/h3-5,8-9H,6-7H2,1-2H3,(H,18,21)(H2,19,20,22,23)/t9-/m0/s1. The molecular weight excluding hydrogens is 318 g/mol. The van der Waals surface area contributed by atoms with E-state index in [1.807, 2.05) is 19.1 Å². The second-order valence-electron chi connectivity index (χ2n) is 5.36. The quantitative estimate of drug-likeness (QED) is 0.778. The van der Waals surface area contributed by atoms with E-state index in [0.717, 1.165) is 5.56 Å². The Morgan fingerprint density at radius 2 is 2.04 bits per heavy atom. The molecule has 0 saturated carbocycles. The third kappa shape index (κ3) is 4.56. The largest absolute Gasteiger partial charge is 0.350 e. The zero-order valence-electron chi connectivity index (χ0n) is 12.9. The van der Waals surface area contributed by atoms with Crippen LogP contribution in [0.4, 0.5) is 0 Å². The van der Waals surface area contributed by atoms with Gasteiger partial charge < -0.3 is 10.3 Å². The number of benzene rings is 1. The Morgan fingerprint density at radius 3 is 2.70 bits per heavy atom. The summed E-state index contributed by atoms with van der Waals surface area (Å²) in [6, 6.07) is 7.09. The van der Waals surface area contributed by atoms with Crippen LogP contribution in [-0.2, 0) is 11.2 Å². The van der Waals surface area contributed by atoms with E-state index < -0.39 is 11.2 Å². The van der Waals surface area contributed by atoms with Crippen molar-refractivity contribution in [3.05, 3.63) is 66.9 Å². The van der Waals surface area contributed by atoms with E-state index >= 15 is 0 Å². The number of aromatic nitrogens is 2. The van der Waals surface area contributed by atoms with Gasteiger partial charge in [0.25, 0.3) is 5.56 Å². The van der Waals surface area contributed by atoms with E-state index in [2.05, 4.69) is 15.3 Å². The molecule has 1 atom stereocenters. The van der Waals surface area contributed by atoms with Crippen LogP contribution in [0, 0.1) is 6.92 Å². The Balaban J connectivity index is 1.98. The summed E-state index contributed by atoms with van der Waals surface area (Å²) in [5, 5.41) is 3.47. The van der Waals surface area contributed by atoms with Crippen LogP contribution in [0.15, 0.2) is 33.9 Å². The van der Waals surface area contributed by atoms with Gasteiger partial charge >= 0.3 is 5.69 Å². The fourth-order valence-electron chi connectivity index (χ4n) is 2.34. The van der Waals surface area contributed by atoms with Gasteiger partial charge in [0.05, 0.1) is 6.04 Å². The fraction of sp³-hybridized carbons (Fsp3) is 0.312. The Morgan fingerprint density at radius 1 is 1.30 bits per heavy atom. The van der Waals surface area contributed by atoms with Crippen LogP contribution >= 0.6 is 11.6 Å².